The van der Waals surface area contributed by atoms with E-state index in [-0.39, 0.29) is 0 Å². The summed E-state index contributed by atoms with van der Waals surface area (Å²) >= 11 is 0. The molecule has 1 fully saturated rings. The zero-order valence-electron chi connectivity index (χ0n) is 11.5. The highest BCUT2D eigenvalue weighted by atomic mass is 15.3. The molecule has 0 spiro atoms. The molecule has 100 valence electrons. The molecule has 18 heavy (non-hydrogen) atoms. The Morgan fingerprint density at radius 3 is 2.61 bits per heavy atom. The van der Waals surface area contributed by atoms with Crippen molar-refractivity contribution in [3.05, 3.63) is 35.9 Å². The summed E-state index contributed by atoms with van der Waals surface area (Å²) < 4.78 is 0. The van der Waals surface area contributed by atoms with Gasteiger partial charge in [-0.05, 0) is 19.5 Å². The lowest BCUT2D eigenvalue weighted by molar-refractivity contribution is 0.101. The molecular weight excluding hydrogens is 222 g/mol. The van der Waals surface area contributed by atoms with Crippen molar-refractivity contribution in [1.82, 2.24) is 9.80 Å². The van der Waals surface area contributed by atoms with E-state index in [4.69, 9.17) is 5.73 Å². The van der Waals surface area contributed by atoms with Crippen LogP contribution in [0.3, 0.4) is 0 Å². The molecule has 0 amide bonds. The number of hydrogen-bond donors (Lipinski definition) is 1. The van der Waals surface area contributed by atoms with Crippen molar-refractivity contribution in [2.24, 2.45) is 5.73 Å². The van der Waals surface area contributed by atoms with Gasteiger partial charge >= 0.3 is 0 Å². The van der Waals surface area contributed by atoms with Gasteiger partial charge in [-0.25, -0.2) is 0 Å². The molecule has 2 atom stereocenters. The van der Waals surface area contributed by atoms with Crippen molar-refractivity contribution in [2.45, 2.75) is 18.9 Å². The Labute approximate surface area is 111 Å². The van der Waals surface area contributed by atoms with Crippen LogP contribution >= 0.6 is 0 Å². The highest BCUT2D eigenvalue weighted by molar-refractivity contribution is 5.20. The predicted octanol–water partition coefficient (Wildman–Crippen LogP) is 1.36. The predicted molar refractivity (Wildman–Crippen MR) is 76.8 cm³/mol. The van der Waals surface area contributed by atoms with Crippen molar-refractivity contribution >= 4 is 0 Å². The molecule has 2 unspecified atom stereocenters. The number of nitrogens with zero attached hydrogens (tertiary/aromatic N) is 2. The van der Waals surface area contributed by atoms with Gasteiger partial charge in [-0.2, -0.15) is 0 Å². The molecule has 1 saturated heterocycles. The van der Waals surface area contributed by atoms with Crippen LogP contribution in [0.25, 0.3) is 0 Å². The summed E-state index contributed by atoms with van der Waals surface area (Å²) in [4.78, 5) is 4.98. The topological polar surface area (TPSA) is 32.5 Å². The monoisotopic (exact) mass is 247 g/mol. The Balaban J connectivity index is 1.95. The van der Waals surface area contributed by atoms with E-state index in [1.807, 2.05) is 0 Å². The lowest BCUT2D eigenvalue weighted by Crippen LogP contribution is -2.51. The van der Waals surface area contributed by atoms with E-state index in [2.05, 4.69) is 54.1 Å². The van der Waals surface area contributed by atoms with Gasteiger partial charge in [0.1, 0.15) is 0 Å². The Hall–Kier alpha value is -0.900. The summed E-state index contributed by atoms with van der Waals surface area (Å²) in [7, 11) is 2.21. The number of benzene rings is 1. The molecule has 0 aliphatic carbocycles. The Bertz CT molecular complexity index is 352. The Morgan fingerprint density at radius 1 is 1.28 bits per heavy atom. The van der Waals surface area contributed by atoms with Crippen LogP contribution < -0.4 is 5.73 Å². The molecule has 0 saturated carbocycles. The van der Waals surface area contributed by atoms with E-state index in [9.17, 15) is 0 Å². The van der Waals surface area contributed by atoms with Gasteiger partial charge in [-0.3, -0.25) is 4.90 Å². The molecule has 2 rings (SSSR count). The van der Waals surface area contributed by atoms with Crippen molar-refractivity contribution < 1.29 is 0 Å². The van der Waals surface area contributed by atoms with E-state index < -0.39 is 0 Å². The maximum atomic E-state index is 5.95. The minimum Gasteiger partial charge on any atom is -0.330 e. The standard InChI is InChI=1S/C15H25N3/c1-13-11-18(9-8-17(13)2)12-15(10-16)14-6-4-3-5-7-14/h3-7,13,15H,8-12,16H2,1-2H3. The van der Waals surface area contributed by atoms with Gasteiger partial charge < -0.3 is 10.6 Å². The minimum absolute atomic E-state index is 0.460. The number of likely N-dealkylation sites (N-methyl/N-ethyl adjacent to an activating group) is 1. The van der Waals surface area contributed by atoms with Crippen LogP contribution in [0.4, 0.5) is 0 Å². The molecule has 1 aromatic rings. The first kappa shape index (κ1) is 13.5. The molecule has 3 heteroatoms. The molecule has 0 radical (unpaired) electrons. The average Bonchev–Trinajstić information content (AvgIpc) is 2.41. The quantitative estimate of drug-likeness (QED) is 0.872. The first-order chi connectivity index (χ1) is 8.70. The third kappa shape index (κ3) is 3.31. The smallest absolute Gasteiger partial charge is 0.0192 e. The summed E-state index contributed by atoms with van der Waals surface area (Å²) in [6.07, 6.45) is 0. The van der Waals surface area contributed by atoms with Gasteiger partial charge in [0.15, 0.2) is 0 Å². The molecular formula is C15H25N3. The second-order valence-electron chi connectivity index (χ2n) is 5.43. The van der Waals surface area contributed by atoms with E-state index in [1.165, 1.54) is 5.56 Å². The summed E-state index contributed by atoms with van der Waals surface area (Å²) in [6, 6.07) is 11.3. The summed E-state index contributed by atoms with van der Waals surface area (Å²) in [5, 5.41) is 0. The van der Waals surface area contributed by atoms with Gasteiger partial charge in [-0.1, -0.05) is 30.3 Å². The highest BCUT2D eigenvalue weighted by Crippen LogP contribution is 2.17. The average molecular weight is 247 g/mol. The lowest BCUT2D eigenvalue weighted by atomic mass is 9.98. The zero-order chi connectivity index (χ0) is 13.0. The van der Waals surface area contributed by atoms with Gasteiger partial charge in [0.05, 0.1) is 0 Å². The van der Waals surface area contributed by atoms with Crippen LogP contribution in [0.15, 0.2) is 30.3 Å². The second kappa shape index (κ2) is 6.32. The Morgan fingerprint density at radius 2 is 2.00 bits per heavy atom. The second-order valence-corrected chi connectivity index (χ2v) is 5.43. The minimum atomic E-state index is 0.460. The SMILES string of the molecule is CC1CN(CC(CN)c2ccccc2)CCN1C. The van der Waals surface area contributed by atoms with Crippen LogP contribution in [0.5, 0.6) is 0 Å². The molecule has 0 bridgehead atoms. The fraction of sp³-hybridized carbons (Fsp3) is 0.600. The largest absolute Gasteiger partial charge is 0.330 e. The van der Waals surface area contributed by atoms with Gasteiger partial charge in [0.25, 0.3) is 0 Å². The first-order valence-electron chi connectivity index (χ1n) is 6.88. The van der Waals surface area contributed by atoms with Crippen molar-refractivity contribution in [3.8, 4) is 0 Å². The van der Waals surface area contributed by atoms with Crippen molar-refractivity contribution in [1.29, 1.82) is 0 Å². The highest BCUT2D eigenvalue weighted by Gasteiger charge is 2.22. The van der Waals surface area contributed by atoms with Gasteiger partial charge in [0.2, 0.25) is 0 Å². The third-order valence-electron chi connectivity index (χ3n) is 4.08. The van der Waals surface area contributed by atoms with Crippen LogP contribution in [0.1, 0.15) is 18.4 Å². The lowest BCUT2D eigenvalue weighted by Gasteiger charge is -2.39. The van der Waals surface area contributed by atoms with Gasteiger partial charge in [-0.15, -0.1) is 0 Å². The first-order valence-corrected chi connectivity index (χ1v) is 6.88. The van der Waals surface area contributed by atoms with Crippen molar-refractivity contribution in [2.75, 3.05) is 39.8 Å². The fourth-order valence-electron chi connectivity index (χ4n) is 2.64. The van der Waals surface area contributed by atoms with E-state index in [1.54, 1.807) is 0 Å². The third-order valence-corrected chi connectivity index (χ3v) is 4.08. The van der Waals surface area contributed by atoms with Gasteiger partial charge in [0, 0.05) is 44.7 Å². The Kier molecular flexibility index (Phi) is 4.75. The summed E-state index contributed by atoms with van der Waals surface area (Å²) in [5.41, 5.74) is 7.31. The van der Waals surface area contributed by atoms with Crippen LogP contribution in [-0.2, 0) is 0 Å². The number of hydrogen-bond acceptors (Lipinski definition) is 3. The van der Waals surface area contributed by atoms with E-state index in [0.717, 1.165) is 32.7 Å². The maximum absolute atomic E-state index is 5.95. The van der Waals surface area contributed by atoms with E-state index >= 15 is 0 Å². The molecule has 1 aliphatic rings. The molecule has 3 nitrogen and oxygen atoms in total. The number of rotatable bonds is 4. The summed E-state index contributed by atoms with van der Waals surface area (Å²) in [6.45, 7) is 7.58. The maximum Gasteiger partial charge on any atom is 0.0192 e. The van der Waals surface area contributed by atoms with Crippen LogP contribution in [0, 0.1) is 0 Å². The molecule has 1 aromatic carbocycles. The zero-order valence-corrected chi connectivity index (χ0v) is 11.5. The van der Waals surface area contributed by atoms with Crippen LogP contribution in [-0.4, -0.2) is 55.6 Å². The molecule has 2 N–H and O–H groups in total. The number of piperazine rings is 1. The number of nitrogens with two attached hydrogens (primary N) is 1. The molecule has 1 heterocycles. The van der Waals surface area contributed by atoms with Crippen molar-refractivity contribution in [3.63, 3.8) is 0 Å². The normalized spacial score (nSPS) is 24.1. The van der Waals surface area contributed by atoms with E-state index in [0.29, 0.717) is 12.0 Å². The molecule has 1 aliphatic heterocycles. The van der Waals surface area contributed by atoms with Crippen LogP contribution in [0.2, 0.25) is 0 Å². The fourth-order valence-corrected chi connectivity index (χ4v) is 2.64. The molecule has 0 aromatic heterocycles. The summed E-state index contributed by atoms with van der Waals surface area (Å²) in [5.74, 6) is 0.460.